The summed E-state index contributed by atoms with van der Waals surface area (Å²) < 4.78 is 87.8. The van der Waals surface area contributed by atoms with Crippen molar-refractivity contribution in [1.82, 2.24) is 0 Å². The Morgan fingerprint density at radius 1 is 0.377 bits per heavy atom. The van der Waals surface area contributed by atoms with Gasteiger partial charge >= 0.3 is 0 Å². The first-order chi connectivity index (χ1) is 37.0. The minimum Gasteiger partial charge on any atom is -0.475 e. The van der Waals surface area contributed by atoms with Gasteiger partial charge in [-0.3, -0.25) is 0 Å². The third kappa shape index (κ3) is 16.7. The van der Waals surface area contributed by atoms with Crippen molar-refractivity contribution in [3.63, 3.8) is 0 Å². The van der Waals surface area contributed by atoms with Crippen LogP contribution in [0.3, 0.4) is 0 Å². The molecule has 0 aromatic heterocycles. The zero-order chi connectivity index (χ0) is 55.2. The van der Waals surface area contributed by atoms with Gasteiger partial charge in [0.25, 0.3) is 0 Å². The van der Waals surface area contributed by atoms with Crippen molar-refractivity contribution in [2.24, 2.45) is 53.3 Å². The van der Waals surface area contributed by atoms with Crippen LogP contribution in [0.2, 0.25) is 0 Å². The molecule has 0 heterocycles. The predicted molar refractivity (Wildman–Crippen MR) is 303 cm³/mol. The van der Waals surface area contributed by atoms with Gasteiger partial charge in [0.05, 0.1) is 0 Å². The molecule has 6 aliphatic carbocycles. The van der Waals surface area contributed by atoms with Crippen molar-refractivity contribution in [3.8, 4) is 54.3 Å². The van der Waals surface area contributed by atoms with Crippen molar-refractivity contribution in [2.45, 2.75) is 232 Å². The number of hydrogen-bond acceptors (Lipinski definition) is 3. The van der Waals surface area contributed by atoms with Crippen molar-refractivity contribution in [3.05, 3.63) is 88.2 Å². The smallest absolute Gasteiger partial charge is 0.200 e. The first-order valence-corrected chi connectivity index (χ1v) is 30.2. The zero-order valence-corrected chi connectivity index (χ0v) is 47.5. The molecule has 6 saturated carbocycles. The second-order valence-corrected chi connectivity index (χ2v) is 25.0. The van der Waals surface area contributed by atoms with E-state index in [0.29, 0.717) is 11.5 Å². The number of terminal acetylenes is 3. The highest BCUT2D eigenvalue weighted by molar-refractivity contribution is 5.36. The normalized spacial score (nSPS) is 30.6. The highest BCUT2D eigenvalue weighted by atomic mass is 19.2. The van der Waals surface area contributed by atoms with Gasteiger partial charge in [-0.15, -0.1) is 19.3 Å². The number of ether oxygens (including phenoxy) is 3. The molecular formula is C69H91F5O3. The van der Waals surface area contributed by atoms with Gasteiger partial charge in [0, 0.05) is 0 Å². The molecule has 0 radical (unpaired) electrons. The van der Waals surface area contributed by atoms with E-state index in [9.17, 15) is 22.0 Å². The van der Waals surface area contributed by atoms with Crippen molar-refractivity contribution < 1.29 is 36.2 Å². The molecule has 3 aromatic rings. The summed E-state index contributed by atoms with van der Waals surface area (Å²) in [5.41, 5.74) is 2.38. The summed E-state index contributed by atoms with van der Waals surface area (Å²) in [6.45, 7) is 12.1. The topological polar surface area (TPSA) is 27.7 Å². The lowest BCUT2D eigenvalue weighted by atomic mass is 9.68. The first-order valence-electron chi connectivity index (χ1n) is 30.2. The van der Waals surface area contributed by atoms with E-state index in [-0.39, 0.29) is 34.9 Å². The molecule has 0 aliphatic heterocycles. The Labute approximate surface area is 461 Å². The van der Waals surface area contributed by atoms with E-state index in [2.05, 4.69) is 38.5 Å². The molecule has 0 amide bonds. The maximum atomic E-state index is 14.6. The van der Waals surface area contributed by atoms with Gasteiger partial charge in [-0.25, -0.2) is 17.6 Å². The van der Waals surface area contributed by atoms with Crippen molar-refractivity contribution >= 4 is 0 Å². The summed E-state index contributed by atoms with van der Waals surface area (Å²) >= 11 is 0. The molecule has 0 saturated heterocycles. The van der Waals surface area contributed by atoms with Gasteiger partial charge in [0.15, 0.2) is 58.8 Å². The average Bonchev–Trinajstić information content (AvgIpc) is 3.46. The molecule has 3 aromatic carbocycles. The Balaban J connectivity index is 0.000000168. The lowest BCUT2D eigenvalue weighted by molar-refractivity contribution is 0.164. The molecule has 6 aliphatic rings. The van der Waals surface area contributed by atoms with Crippen LogP contribution in [-0.2, 0) is 0 Å². The molecule has 420 valence electrons. The highest BCUT2D eigenvalue weighted by Crippen LogP contribution is 2.48. The maximum absolute atomic E-state index is 14.6. The van der Waals surface area contributed by atoms with Crippen LogP contribution in [0.25, 0.3) is 0 Å². The van der Waals surface area contributed by atoms with Gasteiger partial charge in [-0.1, -0.05) is 89.2 Å². The van der Waals surface area contributed by atoms with Crippen molar-refractivity contribution in [1.29, 1.82) is 0 Å². The number of halogens is 5. The third-order valence-electron chi connectivity index (χ3n) is 19.5. The summed E-state index contributed by atoms with van der Waals surface area (Å²) in [5.74, 6) is 12.4. The minimum absolute atomic E-state index is 0.0956. The lowest BCUT2D eigenvalue weighted by Crippen LogP contribution is -2.25. The number of benzene rings is 3. The summed E-state index contributed by atoms with van der Waals surface area (Å²) in [5, 5.41) is 0. The van der Waals surface area contributed by atoms with E-state index in [0.717, 1.165) is 103 Å². The van der Waals surface area contributed by atoms with Crippen LogP contribution < -0.4 is 14.2 Å². The molecule has 8 heteroatoms. The van der Waals surface area contributed by atoms with Gasteiger partial charge in [0.2, 0.25) is 5.82 Å². The largest absolute Gasteiger partial charge is 0.475 e. The van der Waals surface area contributed by atoms with E-state index < -0.39 is 41.6 Å². The SMILES string of the molecule is C#CC(C)Oc1c(F)cc(C2CCC(C3CCC(C)CC3)CC2)cc1F.C#CC(C)Oc1ccc(C2CCC(C3CCC(C)CC3)CC2)c(F)c1F.C#CC(C)Oc1ccc(C2CCC(C3CCC(C)CC3)CC2)cc1F. The van der Waals surface area contributed by atoms with Crippen LogP contribution in [-0.4, -0.2) is 18.3 Å². The zero-order valence-electron chi connectivity index (χ0n) is 47.5. The number of rotatable bonds is 12. The standard InChI is InChI=1S/2C23H30F2O.C23H31FO/c1-4-16(3)26-23-21(24)13-20(14-22(23)25)19-11-9-18(10-12-19)17-7-5-15(2)6-8-17;1-4-16(3)26-21-14-13-20(22(24)23(21)25)19-11-9-18(10-12-19)17-7-5-15(2)6-8-17;1-4-17(3)25-23-14-13-21(15-22(23)24)20-11-9-19(10-12-20)18-7-5-16(2)6-8-18/h2*1,13-19H,5-12H2,2-3H3;1,13-20H,5-12H2,2-3H3. The van der Waals surface area contributed by atoms with E-state index in [1.54, 1.807) is 39.0 Å². The third-order valence-corrected chi connectivity index (χ3v) is 19.5. The predicted octanol–water partition coefficient (Wildman–Crippen LogP) is 19.3. The molecule has 6 fully saturated rings. The Kier molecular flexibility index (Phi) is 22.6. The van der Waals surface area contributed by atoms with E-state index in [1.165, 1.54) is 134 Å². The van der Waals surface area contributed by atoms with Crippen LogP contribution >= 0.6 is 0 Å². The molecule has 0 bridgehead atoms. The van der Waals surface area contributed by atoms with Gasteiger partial charge in [-0.2, -0.15) is 4.39 Å². The Hall–Kier alpha value is -4.61. The van der Waals surface area contributed by atoms with Crippen molar-refractivity contribution in [2.75, 3.05) is 0 Å². The fourth-order valence-corrected chi connectivity index (χ4v) is 14.4. The molecule has 3 atom stereocenters. The summed E-state index contributed by atoms with van der Waals surface area (Å²) in [4.78, 5) is 0. The Bertz CT molecular complexity index is 2410. The average molecular weight is 1060 g/mol. The second-order valence-electron chi connectivity index (χ2n) is 25.0. The van der Waals surface area contributed by atoms with E-state index in [4.69, 9.17) is 33.5 Å². The minimum atomic E-state index is -0.909. The molecule has 0 spiro atoms. The molecular weight excluding hydrogens is 972 g/mol. The monoisotopic (exact) mass is 1060 g/mol. The van der Waals surface area contributed by atoms with Crippen LogP contribution in [0.15, 0.2) is 42.5 Å². The fourth-order valence-electron chi connectivity index (χ4n) is 14.4. The van der Waals surface area contributed by atoms with E-state index >= 15 is 0 Å². The summed E-state index contributed by atoms with van der Waals surface area (Å²) in [6, 6.07) is 11.5. The van der Waals surface area contributed by atoms with E-state index in [1.807, 2.05) is 6.07 Å². The Morgan fingerprint density at radius 3 is 1.09 bits per heavy atom. The van der Waals surface area contributed by atoms with Gasteiger partial charge in [0.1, 0.15) is 0 Å². The molecule has 77 heavy (non-hydrogen) atoms. The molecule has 3 unspecified atom stereocenters. The van der Waals surface area contributed by atoms with Crippen LogP contribution in [0.4, 0.5) is 22.0 Å². The van der Waals surface area contributed by atoms with Crippen LogP contribution in [0, 0.1) is 119 Å². The first kappa shape index (κ1) is 60.0. The lowest BCUT2D eigenvalue weighted by Gasteiger charge is -2.37. The Morgan fingerprint density at radius 2 is 0.701 bits per heavy atom. The van der Waals surface area contributed by atoms with Gasteiger partial charge in [-0.05, 0) is 254 Å². The maximum Gasteiger partial charge on any atom is 0.200 e. The second kappa shape index (κ2) is 29.0. The van der Waals surface area contributed by atoms with Crippen LogP contribution in [0.5, 0.6) is 17.2 Å². The number of hydrogen-bond donors (Lipinski definition) is 0. The quantitative estimate of drug-likeness (QED) is 0.134. The summed E-state index contributed by atoms with van der Waals surface area (Å²) in [6.07, 6.45) is 44.2. The highest BCUT2D eigenvalue weighted by Gasteiger charge is 2.35. The van der Waals surface area contributed by atoms with Crippen LogP contribution in [0.1, 0.15) is 230 Å². The fraction of sp³-hybridized carbons (Fsp3) is 0.652. The molecule has 0 N–H and O–H groups in total. The molecule has 9 rings (SSSR count). The molecule has 3 nitrogen and oxygen atoms in total. The van der Waals surface area contributed by atoms with Gasteiger partial charge < -0.3 is 14.2 Å². The summed E-state index contributed by atoms with van der Waals surface area (Å²) in [7, 11) is 0.